The Morgan fingerprint density at radius 3 is 2.41 bits per heavy atom. The molecule has 1 saturated heterocycles. The van der Waals surface area contributed by atoms with Crippen LogP contribution in [0.25, 0.3) is 0 Å². The molecule has 0 unspecified atom stereocenters. The fourth-order valence-corrected chi connectivity index (χ4v) is 1.92. The van der Waals surface area contributed by atoms with E-state index in [0.717, 1.165) is 4.90 Å². The first-order valence-corrected chi connectivity index (χ1v) is 6.90. The summed E-state index contributed by atoms with van der Waals surface area (Å²) in [5.74, 6) is -1.20. The molecule has 124 valence electrons. The SMILES string of the molecule is C=CCOC(=O)N1CCN(C(=O)OC(C)(C)C)[C@H](C(=O)O)C1. The van der Waals surface area contributed by atoms with Crippen molar-refractivity contribution in [2.45, 2.75) is 32.4 Å². The van der Waals surface area contributed by atoms with Crippen molar-refractivity contribution < 1.29 is 29.0 Å². The molecule has 1 N–H and O–H groups in total. The summed E-state index contributed by atoms with van der Waals surface area (Å²) >= 11 is 0. The third kappa shape index (κ3) is 4.94. The van der Waals surface area contributed by atoms with Gasteiger partial charge in [0.2, 0.25) is 0 Å². The zero-order chi connectivity index (χ0) is 16.9. The summed E-state index contributed by atoms with van der Waals surface area (Å²) in [5, 5.41) is 9.29. The second-order valence-electron chi connectivity index (χ2n) is 5.84. The zero-order valence-corrected chi connectivity index (χ0v) is 13.1. The van der Waals surface area contributed by atoms with Gasteiger partial charge in [0.05, 0.1) is 6.54 Å². The first kappa shape index (κ1) is 17.8. The number of carbonyl (C=O) groups excluding carboxylic acids is 2. The molecule has 0 aromatic heterocycles. The molecule has 1 atom stereocenters. The molecule has 8 heteroatoms. The van der Waals surface area contributed by atoms with Crippen LogP contribution in [-0.4, -0.2) is 70.9 Å². The molecule has 8 nitrogen and oxygen atoms in total. The molecule has 0 saturated carbocycles. The topological polar surface area (TPSA) is 96.4 Å². The number of rotatable bonds is 3. The van der Waals surface area contributed by atoms with Crippen LogP contribution in [-0.2, 0) is 14.3 Å². The molecule has 0 spiro atoms. The van der Waals surface area contributed by atoms with E-state index < -0.39 is 29.8 Å². The van der Waals surface area contributed by atoms with E-state index in [-0.39, 0.29) is 26.2 Å². The van der Waals surface area contributed by atoms with Crippen molar-refractivity contribution in [2.24, 2.45) is 0 Å². The number of hydrogen-bond acceptors (Lipinski definition) is 5. The highest BCUT2D eigenvalue weighted by molar-refractivity contribution is 5.82. The second-order valence-corrected chi connectivity index (χ2v) is 5.84. The van der Waals surface area contributed by atoms with Gasteiger partial charge in [-0.2, -0.15) is 0 Å². The second kappa shape index (κ2) is 7.15. The maximum atomic E-state index is 12.1. The predicted octanol–water partition coefficient (Wildman–Crippen LogP) is 1.31. The first-order valence-electron chi connectivity index (χ1n) is 6.90. The Hall–Kier alpha value is -2.25. The fraction of sp³-hybridized carbons (Fsp3) is 0.643. The zero-order valence-electron chi connectivity index (χ0n) is 13.1. The summed E-state index contributed by atoms with van der Waals surface area (Å²) < 4.78 is 10.1. The molecule has 0 aromatic carbocycles. The number of carboxylic acid groups (broad SMARTS) is 1. The monoisotopic (exact) mass is 314 g/mol. The van der Waals surface area contributed by atoms with Crippen LogP contribution in [0.4, 0.5) is 9.59 Å². The third-order valence-corrected chi connectivity index (χ3v) is 2.88. The van der Waals surface area contributed by atoms with E-state index in [4.69, 9.17) is 9.47 Å². The van der Waals surface area contributed by atoms with Gasteiger partial charge < -0.3 is 19.5 Å². The number of nitrogens with zero attached hydrogens (tertiary/aromatic N) is 2. The van der Waals surface area contributed by atoms with Gasteiger partial charge in [-0.15, -0.1) is 0 Å². The molecular formula is C14H22N2O6. The Balaban J connectivity index is 2.76. The predicted molar refractivity (Wildman–Crippen MR) is 77.5 cm³/mol. The quantitative estimate of drug-likeness (QED) is 0.789. The van der Waals surface area contributed by atoms with Gasteiger partial charge in [0, 0.05) is 13.1 Å². The van der Waals surface area contributed by atoms with Crippen molar-refractivity contribution >= 4 is 18.2 Å². The average molecular weight is 314 g/mol. The Labute approximate surface area is 129 Å². The minimum atomic E-state index is -1.20. The van der Waals surface area contributed by atoms with Crippen LogP contribution in [0.15, 0.2) is 12.7 Å². The van der Waals surface area contributed by atoms with E-state index in [2.05, 4.69) is 6.58 Å². The van der Waals surface area contributed by atoms with Gasteiger partial charge in [-0.05, 0) is 20.8 Å². The summed E-state index contributed by atoms with van der Waals surface area (Å²) in [5.41, 5.74) is -0.722. The summed E-state index contributed by atoms with van der Waals surface area (Å²) in [4.78, 5) is 37.6. The van der Waals surface area contributed by atoms with Gasteiger partial charge >= 0.3 is 18.2 Å². The number of carboxylic acids is 1. The number of ether oxygens (including phenoxy) is 2. The molecule has 1 aliphatic rings. The van der Waals surface area contributed by atoms with Gasteiger partial charge in [-0.1, -0.05) is 12.7 Å². The Kier molecular flexibility index (Phi) is 5.78. The van der Waals surface area contributed by atoms with Crippen LogP contribution < -0.4 is 0 Å². The fourth-order valence-electron chi connectivity index (χ4n) is 1.92. The molecule has 0 bridgehead atoms. The normalized spacial score (nSPS) is 18.6. The van der Waals surface area contributed by atoms with E-state index in [0.29, 0.717) is 0 Å². The van der Waals surface area contributed by atoms with Gasteiger partial charge in [0.15, 0.2) is 6.04 Å². The van der Waals surface area contributed by atoms with Crippen LogP contribution in [0, 0.1) is 0 Å². The molecule has 1 heterocycles. The highest BCUT2D eigenvalue weighted by Gasteiger charge is 2.39. The van der Waals surface area contributed by atoms with Crippen LogP contribution in [0.3, 0.4) is 0 Å². The van der Waals surface area contributed by atoms with Crippen molar-refractivity contribution in [3.05, 3.63) is 12.7 Å². The molecule has 0 aromatic rings. The van der Waals surface area contributed by atoms with E-state index >= 15 is 0 Å². The summed E-state index contributed by atoms with van der Waals surface area (Å²) in [7, 11) is 0. The van der Waals surface area contributed by atoms with Crippen molar-refractivity contribution in [3.63, 3.8) is 0 Å². The van der Waals surface area contributed by atoms with Crippen molar-refractivity contribution in [1.82, 2.24) is 9.80 Å². The van der Waals surface area contributed by atoms with E-state index in [1.54, 1.807) is 20.8 Å². The highest BCUT2D eigenvalue weighted by atomic mass is 16.6. The van der Waals surface area contributed by atoms with E-state index in [1.165, 1.54) is 11.0 Å². The Morgan fingerprint density at radius 1 is 1.27 bits per heavy atom. The summed E-state index contributed by atoms with van der Waals surface area (Å²) in [6.07, 6.45) is 0.0813. The van der Waals surface area contributed by atoms with Crippen LogP contribution >= 0.6 is 0 Å². The highest BCUT2D eigenvalue weighted by Crippen LogP contribution is 2.16. The maximum Gasteiger partial charge on any atom is 0.411 e. The van der Waals surface area contributed by atoms with E-state index in [9.17, 15) is 19.5 Å². The molecule has 0 aliphatic carbocycles. The standard InChI is InChI=1S/C14H22N2O6/c1-5-8-21-12(19)15-6-7-16(10(9-15)11(17)18)13(20)22-14(2,3)4/h5,10H,1,6-9H2,2-4H3,(H,17,18)/t10-/m0/s1. The lowest BCUT2D eigenvalue weighted by molar-refractivity contribution is -0.145. The van der Waals surface area contributed by atoms with Crippen molar-refractivity contribution in [3.8, 4) is 0 Å². The smallest absolute Gasteiger partial charge is 0.411 e. The molecule has 2 amide bonds. The minimum absolute atomic E-state index is 0.0445. The third-order valence-electron chi connectivity index (χ3n) is 2.88. The van der Waals surface area contributed by atoms with Crippen LogP contribution in [0.2, 0.25) is 0 Å². The number of hydrogen-bond donors (Lipinski definition) is 1. The molecule has 22 heavy (non-hydrogen) atoms. The number of carbonyl (C=O) groups is 3. The molecule has 0 radical (unpaired) electrons. The summed E-state index contributed by atoms with van der Waals surface area (Å²) in [6, 6.07) is -1.17. The number of piperazine rings is 1. The molecule has 1 fully saturated rings. The molecule has 1 aliphatic heterocycles. The summed E-state index contributed by atoms with van der Waals surface area (Å²) in [6.45, 7) is 8.67. The minimum Gasteiger partial charge on any atom is -0.480 e. The van der Waals surface area contributed by atoms with Gasteiger partial charge in [-0.25, -0.2) is 14.4 Å². The average Bonchev–Trinajstić information content (AvgIpc) is 2.42. The Bertz CT molecular complexity index is 457. The Morgan fingerprint density at radius 2 is 1.91 bits per heavy atom. The first-order chi connectivity index (χ1) is 10.2. The van der Waals surface area contributed by atoms with Gasteiger partial charge in [-0.3, -0.25) is 4.90 Å². The van der Waals surface area contributed by atoms with Crippen molar-refractivity contribution in [2.75, 3.05) is 26.2 Å². The van der Waals surface area contributed by atoms with Crippen LogP contribution in [0.5, 0.6) is 0 Å². The van der Waals surface area contributed by atoms with E-state index in [1.807, 2.05) is 0 Å². The molecule has 1 rings (SSSR count). The number of aliphatic carboxylic acids is 1. The molecular weight excluding hydrogens is 292 g/mol. The largest absolute Gasteiger partial charge is 0.480 e. The van der Waals surface area contributed by atoms with Crippen LogP contribution in [0.1, 0.15) is 20.8 Å². The van der Waals surface area contributed by atoms with Crippen molar-refractivity contribution in [1.29, 1.82) is 0 Å². The lowest BCUT2D eigenvalue weighted by Gasteiger charge is -2.39. The maximum absolute atomic E-state index is 12.1. The lowest BCUT2D eigenvalue weighted by Crippen LogP contribution is -2.60. The lowest BCUT2D eigenvalue weighted by atomic mass is 10.1. The van der Waals surface area contributed by atoms with Gasteiger partial charge in [0.25, 0.3) is 0 Å². The van der Waals surface area contributed by atoms with Gasteiger partial charge in [0.1, 0.15) is 12.2 Å². The number of amides is 2.